The standard InChI is InChI=1S/C11H16N4OS/c1-16-3-2-12-4-10-5-15(8-13-10)6-11-7-17-9-14-11/h5,7-9,12H,2-4,6H2,1H3. The maximum atomic E-state index is 4.96. The molecule has 1 N–H and O–H groups in total. The molecule has 0 unspecified atom stereocenters. The summed E-state index contributed by atoms with van der Waals surface area (Å²) < 4.78 is 7.00. The van der Waals surface area contributed by atoms with Crippen LogP contribution in [0.2, 0.25) is 0 Å². The van der Waals surface area contributed by atoms with Gasteiger partial charge in [0.2, 0.25) is 0 Å². The van der Waals surface area contributed by atoms with E-state index in [1.165, 1.54) is 0 Å². The summed E-state index contributed by atoms with van der Waals surface area (Å²) in [6.45, 7) is 3.12. The van der Waals surface area contributed by atoms with Gasteiger partial charge in [-0.05, 0) is 0 Å². The van der Waals surface area contributed by atoms with Crippen LogP contribution >= 0.6 is 11.3 Å². The molecule has 0 amide bonds. The SMILES string of the molecule is COCCNCc1cn(Cc2cscn2)cn1. The fraction of sp³-hybridized carbons (Fsp3) is 0.455. The quantitative estimate of drug-likeness (QED) is 0.750. The highest BCUT2D eigenvalue weighted by Gasteiger charge is 2.00. The second-order valence-corrected chi connectivity index (χ2v) is 4.41. The second-order valence-electron chi connectivity index (χ2n) is 3.69. The Morgan fingerprint density at radius 3 is 3.12 bits per heavy atom. The molecule has 2 rings (SSSR count). The van der Waals surface area contributed by atoms with E-state index in [1.807, 2.05) is 22.6 Å². The van der Waals surface area contributed by atoms with E-state index in [-0.39, 0.29) is 0 Å². The Hall–Kier alpha value is -1.24. The molecule has 17 heavy (non-hydrogen) atoms. The van der Waals surface area contributed by atoms with Crippen molar-refractivity contribution < 1.29 is 4.74 Å². The molecule has 6 heteroatoms. The zero-order valence-corrected chi connectivity index (χ0v) is 10.6. The fourth-order valence-electron chi connectivity index (χ4n) is 1.48. The van der Waals surface area contributed by atoms with Gasteiger partial charge in [0.25, 0.3) is 0 Å². The molecular weight excluding hydrogens is 236 g/mol. The number of hydrogen-bond donors (Lipinski definition) is 1. The molecule has 2 aromatic rings. The summed E-state index contributed by atoms with van der Waals surface area (Å²) in [5.74, 6) is 0. The molecule has 0 radical (unpaired) electrons. The lowest BCUT2D eigenvalue weighted by Gasteiger charge is -2.00. The van der Waals surface area contributed by atoms with Gasteiger partial charge >= 0.3 is 0 Å². The molecule has 2 aromatic heterocycles. The Balaban J connectivity index is 1.79. The van der Waals surface area contributed by atoms with Gasteiger partial charge < -0.3 is 14.6 Å². The molecule has 0 fully saturated rings. The second kappa shape index (κ2) is 6.48. The van der Waals surface area contributed by atoms with Gasteiger partial charge in [-0.15, -0.1) is 11.3 Å². The van der Waals surface area contributed by atoms with Crippen LogP contribution in [-0.2, 0) is 17.8 Å². The van der Waals surface area contributed by atoms with Crippen molar-refractivity contribution in [2.24, 2.45) is 0 Å². The minimum atomic E-state index is 0.722. The zero-order valence-electron chi connectivity index (χ0n) is 9.80. The molecule has 0 aliphatic carbocycles. The van der Waals surface area contributed by atoms with Gasteiger partial charge in [0.15, 0.2) is 0 Å². The minimum absolute atomic E-state index is 0.722. The van der Waals surface area contributed by atoms with Crippen molar-refractivity contribution in [3.63, 3.8) is 0 Å². The van der Waals surface area contributed by atoms with Crippen molar-refractivity contribution in [1.29, 1.82) is 0 Å². The molecule has 0 aliphatic heterocycles. The summed E-state index contributed by atoms with van der Waals surface area (Å²) in [4.78, 5) is 8.57. The first-order valence-corrected chi connectivity index (χ1v) is 6.40. The Bertz CT molecular complexity index is 426. The largest absolute Gasteiger partial charge is 0.383 e. The van der Waals surface area contributed by atoms with Crippen molar-refractivity contribution in [1.82, 2.24) is 19.9 Å². The Labute approximate surface area is 104 Å². The Kier molecular flexibility index (Phi) is 4.66. The van der Waals surface area contributed by atoms with Crippen molar-refractivity contribution in [3.8, 4) is 0 Å². The average Bonchev–Trinajstić information content (AvgIpc) is 2.97. The molecule has 0 spiro atoms. The Morgan fingerprint density at radius 2 is 2.35 bits per heavy atom. The molecule has 0 aliphatic rings. The summed E-state index contributed by atoms with van der Waals surface area (Å²) in [6.07, 6.45) is 3.88. The topological polar surface area (TPSA) is 52.0 Å². The summed E-state index contributed by atoms with van der Waals surface area (Å²) in [5.41, 5.74) is 3.96. The normalized spacial score (nSPS) is 10.9. The smallest absolute Gasteiger partial charge is 0.0953 e. The van der Waals surface area contributed by atoms with Gasteiger partial charge in [0.1, 0.15) is 0 Å². The van der Waals surface area contributed by atoms with E-state index in [4.69, 9.17) is 4.74 Å². The van der Waals surface area contributed by atoms with Crippen molar-refractivity contribution in [3.05, 3.63) is 34.8 Å². The fourth-order valence-corrected chi connectivity index (χ4v) is 2.03. The van der Waals surface area contributed by atoms with Crippen LogP contribution in [0.5, 0.6) is 0 Å². The van der Waals surface area contributed by atoms with E-state index in [0.29, 0.717) is 0 Å². The molecule has 0 aromatic carbocycles. The third-order valence-corrected chi connectivity index (χ3v) is 2.94. The predicted octanol–water partition coefficient (Wildman–Crippen LogP) is 1.12. The van der Waals surface area contributed by atoms with Crippen LogP contribution in [0.4, 0.5) is 0 Å². The third-order valence-electron chi connectivity index (χ3n) is 2.30. The summed E-state index contributed by atoms with van der Waals surface area (Å²) in [5, 5.41) is 5.31. The number of thiazole rings is 1. The van der Waals surface area contributed by atoms with E-state index < -0.39 is 0 Å². The van der Waals surface area contributed by atoms with Gasteiger partial charge in [0, 0.05) is 31.8 Å². The first-order chi connectivity index (χ1) is 8.38. The van der Waals surface area contributed by atoms with Crippen molar-refractivity contribution in [2.75, 3.05) is 20.3 Å². The van der Waals surface area contributed by atoms with Gasteiger partial charge in [-0.3, -0.25) is 0 Å². The first-order valence-electron chi connectivity index (χ1n) is 5.46. The average molecular weight is 252 g/mol. The van der Waals surface area contributed by atoms with Gasteiger partial charge in [-0.25, -0.2) is 9.97 Å². The molecular formula is C11H16N4OS. The summed E-state index contributed by atoms with van der Waals surface area (Å²) in [7, 11) is 1.70. The number of nitrogens with one attached hydrogen (secondary N) is 1. The monoisotopic (exact) mass is 252 g/mol. The molecule has 0 bridgehead atoms. The van der Waals surface area contributed by atoms with Gasteiger partial charge in [0.05, 0.1) is 36.4 Å². The first kappa shape index (κ1) is 12.2. The van der Waals surface area contributed by atoms with Crippen LogP contribution in [0.3, 0.4) is 0 Å². The van der Waals surface area contributed by atoms with Gasteiger partial charge in [-0.2, -0.15) is 0 Å². The number of rotatable bonds is 7. The van der Waals surface area contributed by atoms with Crippen LogP contribution < -0.4 is 5.32 Å². The number of aromatic nitrogens is 3. The van der Waals surface area contributed by atoms with Crippen LogP contribution in [-0.4, -0.2) is 34.8 Å². The number of hydrogen-bond acceptors (Lipinski definition) is 5. The van der Waals surface area contributed by atoms with Crippen LogP contribution in [0.25, 0.3) is 0 Å². The highest BCUT2D eigenvalue weighted by Crippen LogP contribution is 2.04. The van der Waals surface area contributed by atoms with Crippen LogP contribution in [0.1, 0.15) is 11.4 Å². The molecule has 0 saturated heterocycles. The van der Waals surface area contributed by atoms with E-state index in [1.54, 1.807) is 18.4 Å². The number of ether oxygens (including phenoxy) is 1. The van der Waals surface area contributed by atoms with E-state index in [0.717, 1.165) is 37.6 Å². The predicted molar refractivity (Wildman–Crippen MR) is 67.0 cm³/mol. The lowest BCUT2D eigenvalue weighted by molar-refractivity contribution is 0.199. The summed E-state index contributed by atoms with van der Waals surface area (Å²) >= 11 is 1.61. The molecule has 0 atom stereocenters. The van der Waals surface area contributed by atoms with E-state index in [9.17, 15) is 0 Å². The minimum Gasteiger partial charge on any atom is -0.383 e. The molecule has 0 saturated carbocycles. The lowest BCUT2D eigenvalue weighted by atomic mass is 10.4. The van der Waals surface area contributed by atoms with Crippen molar-refractivity contribution in [2.45, 2.75) is 13.1 Å². The maximum absolute atomic E-state index is 4.96. The molecule has 92 valence electrons. The Morgan fingerprint density at radius 1 is 1.41 bits per heavy atom. The summed E-state index contributed by atoms with van der Waals surface area (Å²) in [6, 6.07) is 0. The zero-order chi connectivity index (χ0) is 11.9. The van der Waals surface area contributed by atoms with Crippen LogP contribution in [0.15, 0.2) is 23.4 Å². The third kappa shape index (κ3) is 3.92. The van der Waals surface area contributed by atoms with Crippen LogP contribution in [0, 0.1) is 0 Å². The number of methoxy groups -OCH3 is 1. The molecule has 2 heterocycles. The molecule has 5 nitrogen and oxygen atoms in total. The highest BCUT2D eigenvalue weighted by atomic mass is 32.1. The lowest BCUT2D eigenvalue weighted by Crippen LogP contribution is -2.18. The number of imidazole rings is 1. The van der Waals surface area contributed by atoms with Crippen molar-refractivity contribution >= 4 is 11.3 Å². The number of nitrogens with zero attached hydrogens (tertiary/aromatic N) is 3. The van der Waals surface area contributed by atoms with E-state index >= 15 is 0 Å². The van der Waals surface area contributed by atoms with E-state index in [2.05, 4.69) is 20.7 Å². The highest BCUT2D eigenvalue weighted by molar-refractivity contribution is 7.07. The maximum Gasteiger partial charge on any atom is 0.0953 e. The van der Waals surface area contributed by atoms with Gasteiger partial charge in [-0.1, -0.05) is 0 Å².